The second-order valence-corrected chi connectivity index (χ2v) is 21.4. The van der Waals surface area contributed by atoms with Crippen molar-refractivity contribution >= 4 is 11.9 Å². The normalized spacial score (nSPS) is 12.7. The van der Waals surface area contributed by atoms with Crippen LogP contribution in [0.25, 0.3) is 0 Å². The topological polar surface area (TPSA) is 95.9 Å². The van der Waals surface area contributed by atoms with Crippen molar-refractivity contribution in [3.05, 3.63) is 24.3 Å². The van der Waals surface area contributed by atoms with E-state index in [1.807, 2.05) is 0 Å². The summed E-state index contributed by atoms with van der Waals surface area (Å²) >= 11 is 0. The van der Waals surface area contributed by atoms with E-state index in [1.54, 1.807) is 0 Å². The number of allylic oxidation sites excluding steroid dienone is 4. The van der Waals surface area contributed by atoms with Crippen LogP contribution in [0.1, 0.15) is 341 Å². The minimum absolute atomic E-state index is 0.00545. The highest BCUT2D eigenvalue weighted by atomic mass is 16.5. The number of esters is 1. The van der Waals surface area contributed by atoms with E-state index in [2.05, 4.69) is 43.5 Å². The Bertz CT molecular complexity index is 1080. The number of carbonyl (C=O) groups is 2. The van der Waals surface area contributed by atoms with Gasteiger partial charge in [-0.15, -0.1) is 0 Å². The first-order chi connectivity index (χ1) is 34.0. The van der Waals surface area contributed by atoms with Crippen molar-refractivity contribution < 1.29 is 24.5 Å². The first-order valence-electron chi connectivity index (χ1n) is 31.1. The largest absolute Gasteiger partial charge is 0.466 e. The maximum atomic E-state index is 12.5. The van der Waals surface area contributed by atoms with E-state index in [1.165, 1.54) is 244 Å². The second-order valence-electron chi connectivity index (χ2n) is 21.4. The van der Waals surface area contributed by atoms with E-state index in [4.69, 9.17) is 4.74 Å². The van der Waals surface area contributed by atoms with E-state index in [-0.39, 0.29) is 18.5 Å². The summed E-state index contributed by atoms with van der Waals surface area (Å²) in [5.74, 6) is -0.0548. The molecule has 0 aliphatic rings. The maximum Gasteiger partial charge on any atom is 0.305 e. The van der Waals surface area contributed by atoms with Gasteiger partial charge in [-0.3, -0.25) is 9.59 Å². The summed E-state index contributed by atoms with van der Waals surface area (Å²) in [6.07, 6.45) is 71.8. The summed E-state index contributed by atoms with van der Waals surface area (Å²) in [7, 11) is 0. The highest BCUT2D eigenvalue weighted by molar-refractivity contribution is 5.76. The molecule has 0 fully saturated rings. The summed E-state index contributed by atoms with van der Waals surface area (Å²) in [5, 5.41) is 23.3. The van der Waals surface area contributed by atoms with Crippen LogP contribution >= 0.6 is 0 Å². The van der Waals surface area contributed by atoms with Gasteiger partial charge in [0.05, 0.1) is 25.4 Å². The third kappa shape index (κ3) is 55.5. The van der Waals surface area contributed by atoms with Gasteiger partial charge in [0.1, 0.15) is 0 Å². The third-order valence-electron chi connectivity index (χ3n) is 14.5. The first-order valence-corrected chi connectivity index (χ1v) is 31.1. The van der Waals surface area contributed by atoms with Crippen LogP contribution in [0.4, 0.5) is 0 Å². The fraction of sp³-hybridized carbons (Fsp3) is 0.905. The van der Waals surface area contributed by atoms with Crippen molar-refractivity contribution in [3.63, 3.8) is 0 Å². The van der Waals surface area contributed by atoms with E-state index < -0.39 is 12.1 Å². The minimum atomic E-state index is -0.675. The number of ether oxygens (including phenoxy) is 1. The van der Waals surface area contributed by atoms with Crippen LogP contribution in [0.2, 0.25) is 0 Å². The molecule has 0 bridgehead atoms. The van der Waals surface area contributed by atoms with Crippen molar-refractivity contribution in [3.8, 4) is 0 Å². The predicted octanol–water partition coefficient (Wildman–Crippen LogP) is 19.4. The van der Waals surface area contributed by atoms with Crippen molar-refractivity contribution in [2.75, 3.05) is 13.2 Å². The highest BCUT2D eigenvalue weighted by Crippen LogP contribution is 2.17. The summed E-state index contributed by atoms with van der Waals surface area (Å²) in [6, 6.07) is -0.554. The lowest BCUT2D eigenvalue weighted by Crippen LogP contribution is -2.45. The molecule has 69 heavy (non-hydrogen) atoms. The molecule has 0 rings (SSSR count). The van der Waals surface area contributed by atoms with Gasteiger partial charge in [0.25, 0.3) is 0 Å². The van der Waals surface area contributed by atoms with Crippen LogP contribution in [0, 0.1) is 0 Å². The number of hydrogen-bond acceptors (Lipinski definition) is 5. The molecule has 6 heteroatoms. The molecule has 2 unspecified atom stereocenters. The van der Waals surface area contributed by atoms with Gasteiger partial charge in [-0.25, -0.2) is 0 Å². The van der Waals surface area contributed by atoms with Crippen LogP contribution < -0.4 is 5.32 Å². The van der Waals surface area contributed by atoms with Crippen LogP contribution in [0.15, 0.2) is 24.3 Å². The van der Waals surface area contributed by atoms with Gasteiger partial charge in [0, 0.05) is 12.8 Å². The molecule has 3 N–H and O–H groups in total. The molecule has 408 valence electrons. The molecule has 0 aliphatic carbocycles. The molecule has 0 heterocycles. The second kappa shape index (κ2) is 58.9. The monoisotopic (exact) mass is 972 g/mol. The summed E-state index contributed by atoms with van der Waals surface area (Å²) in [6.45, 7) is 4.95. The molecular formula is C63H121NO5. The summed E-state index contributed by atoms with van der Waals surface area (Å²) in [4.78, 5) is 24.6. The molecule has 6 nitrogen and oxygen atoms in total. The number of hydrogen-bond donors (Lipinski definition) is 3. The van der Waals surface area contributed by atoms with Crippen molar-refractivity contribution in [2.45, 2.75) is 353 Å². The lowest BCUT2D eigenvalue weighted by Gasteiger charge is -2.22. The van der Waals surface area contributed by atoms with E-state index in [0.29, 0.717) is 25.9 Å². The molecule has 0 aromatic rings. The molecule has 0 saturated carbocycles. The lowest BCUT2D eigenvalue weighted by molar-refractivity contribution is -0.143. The Morgan fingerprint density at radius 1 is 0.391 bits per heavy atom. The standard InChI is InChI=1S/C63H121NO5/c1-3-5-7-9-11-13-15-17-19-21-22-24-27-31-35-39-43-47-51-55-61(66)60(59-65)64-62(67)56-52-48-44-40-36-32-28-25-26-30-34-38-42-46-50-54-58-69-63(68)57-53-49-45-41-37-33-29-23-20-18-16-14-12-10-8-6-4-2/h18,20,25,28,60-61,65-66H,3-17,19,21-24,26-27,29-59H2,1-2H3,(H,64,67)/b20-18-,28-25-. The van der Waals surface area contributed by atoms with Gasteiger partial charge in [-0.1, -0.05) is 276 Å². The Balaban J connectivity index is 3.45. The number of nitrogens with one attached hydrogen (secondary N) is 1. The summed E-state index contributed by atoms with van der Waals surface area (Å²) in [5.41, 5.74) is 0. The van der Waals surface area contributed by atoms with Crippen molar-refractivity contribution in [2.24, 2.45) is 0 Å². The molecule has 0 aromatic carbocycles. The van der Waals surface area contributed by atoms with Crippen LogP contribution in [-0.2, 0) is 14.3 Å². The van der Waals surface area contributed by atoms with Crippen LogP contribution in [0.5, 0.6) is 0 Å². The molecule has 0 aliphatic heterocycles. The van der Waals surface area contributed by atoms with Crippen LogP contribution in [0.3, 0.4) is 0 Å². The van der Waals surface area contributed by atoms with E-state index in [9.17, 15) is 19.8 Å². The zero-order chi connectivity index (χ0) is 50.0. The number of unbranched alkanes of at least 4 members (excludes halogenated alkanes) is 43. The summed E-state index contributed by atoms with van der Waals surface area (Å²) < 4.78 is 5.48. The fourth-order valence-corrected chi connectivity index (χ4v) is 9.69. The molecule has 1 amide bonds. The highest BCUT2D eigenvalue weighted by Gasteiger charge is 2.20. The molecule has 0 radical (unpaired) electrons. The molecule has 2 atom stereocenters. The Kier molecular flexibility index (Phi) is 57.5. The van der Waals surface area contributed by atoms with Gasteiger partial charge >= 0.3 is 5.97 Å². The molecular weight excluding hydrogens is 851 g/mol. The average molecular weight is 973 g/mol. The zero-order valence-electron chi connectivity index (χ0n) is 46.6. The van der Waals surface area contributed by atoms with Gasteiger partial charge in [0.2, 0.25) is 5.91 Å². The van der Waals surface area contributed by atoms with Crippen LogP contribution in [-0.4, -0.2) is 47.4 Å². The van der Waals surface area contributed by atoms with E-state index >= 15 is 0 Å². The quantitative estimate of drug-likeness (QED) is 0.0321. The lowest BCUT2D eigenvalue weighted by atomic mass is 10.0. The Morgan fingerprint density at radius 3 is 1.03 bits per heavy atom. The fourth-order valence-electron chi connectivity index (χ4n) is 9.69. The number of amides is 1. The zero-order valence-corrected chi connectivity index (χ0v) is 46.6. The predicted molar refractivity (Wildman–Crippen MR) is 301 cm³/mol. The Hall–Kier alpha value is -1.66. The molecule has 0 aromatic heterocycles. The van der Waals surface area contributed by atoms with Gasteiger partial charge in [-0.05, 0) is 77.0 Å². The van der Waals surface area contributed by atoms with Crippen molar-refractivity contribution in [1.82, 2.24) is 5.32 Å². The number of aliphatic hydroxyl groups is 2. The van der Waals surface area contributed by atoms with Gasteiger partial charge in [0.15, 0.2) is 0 Å². The Morgan fingerprint density at radius 2 is 0.681 bits per heavy atom. The first kappa shape index (κ1) is 67.3. The minimum Gasteiger partial charge on any atom is -0.466 e. The maximum absolute atomic E-state index is 12.5. The van der Waals surface area contributed by atoms with Gasteiger partial charge in [-0.2, -0.15) is 0 Å². The average Bonchev–Trinajstić information content (AvgIpc) is 3.35. The number of carbonyl (C=O) groups excluding carboxylic acids is 2. The molecule has 0 saturated heterocycles. The SMILES string of the molecule is CCCCCCCC/C=C\CCCCCCCCCC(=O)OCCCCCCCCC/C=C\CCCCCCCC(=O)NC(CO)C(O)CCCCCCCCCCCCCCCCCCCCC. The van der Waals surface area contributed by atoms with Crippen molar-refractivity contribution in [1.29, 1.82) is 0 Å². The third-order valence-corrected chi connectivity index (χ3v) is 14.5. The number of rotatable bonds is 58. The molecule has 0 spiro atoms. The van der Waals surface area contributed by atoms with Gasteiger partial charge < -0.3 is 20.3 Å². The Labute approximate surface area is 431 Å². The van der Waals surface area contributed by atoms with E-state index in [0.717, 1.165) is 64.2 Å². The smallest absolute Gasteiger partial charge is 0.305 e. The number of aliphatic hydroxyl groups excluding tert-OH is 2.